The molecular weight excluding hydrogens is 275 g/mol. The van der Waals surface area contributed by atoms with Crippen molar-refractivity contribution in [2.75, 3.05) is 26.2 Å². The molecule has 0 radical (unpaired) electrons. The Morgan fingerprint density at radius 1 is 1.38 bits per heavy atom. The van der Waals surface area contributed by atoms with Crippen molar-refractivity contribution in [3.8, 4) is 5.75 Å². The molecular formula is C14H17FN4O2. The van der Waals surface area contributed by atoms with E-state index in [2.05, 4.69) is 20.3 Å². The molecule has 1 aromatic carbocycles. The second-order valence-electron chi connectivity index (χ2n) is 5.22. The number of benzene rings is 1. The standard InChI is InChI=1S/C14H17FN4O2/c15-11-1-3-12(4-2-11)21-8-7-19-6-5-14(20,10-19)13-9-16-18-17-13/h1-4,9,20H,5-8,10H2,(H,16,17,18). The fourth-order valence-corrected chi connectivity index (χ4v) is 2.52. The highest BCUT2D eigenvalue weighted by Gasteiger charge is 2.39. The van der Waals surface area contributed by atoms with E-state index in [1.54, 1.807) is 18.3 Å². The highest BCUT2D eigenvalue weighted by atomic mass is 19.1. The fraction of sp³-hybridized carbons (Fsp3) is 0.429. The Hall–Kier alpha value is -1.99. The Morgan fingerprint density at radius 3 is 2.90 bits per heavy atom. The summed E-state index contributed by atoms with van der Waals surface area (Å²) in [6.45, 7) is 2.46. The predicted octanol–water partition coefficient (Wildman–Crippen LogP) is 0.916. The normalized spacial score (nSPS) is 22.6. The van der Waals surface area contributed by atoms with Gasteiger partial charge in [0.15, 0.2) is 0 Å². The molecule has 2 N–H and O–H groups in total. The summed E-state index contributed by atoms with van der Waals surface area (Å²) in [6, 6.07) is 5.94. The third-order valence-electron chi connectivity index (χ3n) is 3.71. The number of halogens is 1. The van der Waals surface area contributed by atoms with Crippen LogP contribution in [0, 0.1) is 5.82 Å². The molecule has 1 aromatic heterocycles. The summed E-state index contributed by atoms with van der Waals surface area (Å²) in [6.07, 6.45) is 2.18. The Bertz CT molecular complexity index is 575. The van der Waals surface area contributed by atoms with E-state index in [4.69, 9.17) is 4.74 Å². The SMILES string of the molecule is OC1(c2cn[nH]n2)CCN(CCOc2ccc(F)cc2)C1. The molecule has 6 nitrogen and oxygen atoms in total. The Kier molecular flexibility index (Phi) is 3.85. The van der Waals surface area contributed by atoms with Gasteiger partial charge in [-0.3, -0.25) is 4.90 Å². The van der Waals surface area contributed by atoms with Gasteiger partial charge in [0.1, 0.15) is 29.5 Å². The molecule has 7 heteroatoms. The third kappa shape index (κ3) is 3.20. The van der Waals surface area contributed by atoms with Gasteiger partial charge in [0.2, 0.25) is 0 Å². The second kappa shape index (κ2) is 5.79. The Labute approximate surface area is 121 Å². The average molecular weight is 292 g/mol. The molecule has 21 heavy (non-hydrogen) atoms. The van der Waals surface area contributed by atoms with Crippen molar-refractivity contribution in [2.45, 2.75) is 12.0 Å². The monoisotopic (exact) mass is 292 g/mol. The van der Waals surface area contributed by atoms with Gasteiger partial charge in [-0.15, -0.1) is 0 Å². The highest BCUT2D eigenvalue weighted by molar-refractivity contribution is 5.22. The number of aromatic nitrogens is 3. The number of β-amino-alcohol motifs (C(OH)–C–C–N with tert-alkyl or cyclic N) is 1. The molecule has 1 unspecified atom stereocenters. The zero-order valence-corrected chi connectivity index (χ0v) is 11.5. The molecule has 1 aliphatic rings. The van der Waals surface area contributed by atoms with Gasteiger partial charge < -0.3 is 9.84 Å². The maximum atomic E-state index is 12.8. The third-order valence-corrected chi connectivity index (χ3v) is 3.71. The molecule has 0 saturated carbocycles. The molecule has 1 fully saturated rings. The van der Waals surface area contributed by atoms with Crippen molar-refractivity contribution in [1.82, 2.24) is 20.3 Å². The van der Waals surface area contributed by atoms with Crippen LogP contribution in [0.2, 0.25) is 0 Å². The van der Waals surface area contributed by atoms with Gasteiger partial charge in [0.05, 0.1) is 6.20 Å². The smallest absolute Gasteiger partial charge is 0.124 e. The van der Waals surface area contributed by atoms with Crippen LogP contribution in [0.4, 0.5) is 4.39 Å². The van der Waals surface area contributed by atoms with Crippen LogP contribution >= 0.6 is 0 Å². The molecule has 1 saturated heterocycles. The van der Waals surface area contributed by atoms with Crippen LogP contribution in [-0.2, 0) is 5.60 Å². The van der Waals surface area contributed by atoms with Gasteiger partial charge in [0.25, 0.3) is 0 Å². The van der Waals surface area contributed by atoms with Gasteiger partial charge >= 0.3 is 0 Å². The summed E-state index contributed by atoms with van der Waals surface area (Å²) >= 11 is 0. The number of hydrogen-bond acceptors (Lipinski definition) is 5. The molecule has 2 heterocycles. The number of hydrogen-bond donors (Lipinski definition) is 2. The van der Waals surface area contributed by atoms with Crippen LogP contribution in [0.5, 0.6) is 5.75 Å². The minimum absolute atomic E-state index is 0.278. The van der Waals surface area contributed by atoms with Crippen molar-refractivity contribution in [1.29, 1.82) is 0 Å². The van der Waals surface area contributed by atoms with Crippen LogP contribution in [0.1, 0.15) is 12.1 Å². The summed E-state index contributed by atoms with van der Waals surface area (Å²) in [4.78, 5) is 2.11. The quantitative estimate of drug-likeness (QED) is 0.857. The maximum absolute atomic E-state index is 12.8. The van der Waals surface area contributed by atoms with E-state index in [9.17, 15) is 9.50 Å². The van der Waals surface area contributed by atoms with E-state index in [1.807, 2.05) is 0 Å². The Balaban J connectivity index is 1.48. The molecule has 0 aliphatic carbocycles. The number of ether oxygens (including phenoxy) is 1. The van der Waals surface area contributed by atoms with Crippen LogP contribution < -0.4 is 4.74 Å². The summed E-state index contributed by atoms with van der Waals surface area (Å²) < 4.78 is 18.3. The van der Waals surface area contributed by atoms with E-state index < -0.39 is 5.60 Å². The maximum Gasteiger partial charge on any atom is 0.124 e. The van der Waals surface area contributed by atoms with E-state index >= 15 is 0 Å². The van der Waals surface area contributed by atoms with Gasteiger partial charge in [-0.1, -0.05) is 0 Å². The van der Waals surface area contributed by atoms with E-state index in [1.165, 1.54) is 12.1 Å². The summed E-state index contributed by atoms with van der Waals surface area (Å²) in [5, 5.41) is 20.7. The largest absolute Gasteiger partial charge is 0.492 e. The van der Waals surface area contributed by atoms with Crippen molar-refractivity contribution in [2.24, 2.45) is 0 Å². The lowest BCUT2D eigenvalue weighted by Crippen LogP contribution is -2.33. The van der Waals surface area contributed by atoms with Gasteiger partial charge in [-0.2, -0.15) is 15.4 Å². The lowest BCUT2D eigenvalue weighted by Gasteiger charge is -2.21. The molecule has 3 rings (SSSR count). The molecule has 112 valence electrons. The molecule has 2 aromatic rings. The minimum atomic E-state index is -0.942. The number of rotatable bonds is 5. The van der Waals surface area contributed by atoms with Crippen molar-refractivity contribution >= 4 is 0 Å². The zero-order valence-electron chi connectivity index (χ0n) is 11.5. The molecule has 0 bridgehead atoms. The first-order valence-electron chi connectivity index (χ1n) is 6.85. The first-order valence-corrected chi connectivity index (χ1v) is 6.85. The highest BCUT2D eigenvalue weighted by Crippen LogP contribution is 2.29. The first-order chi connectivity index (χ1) is 10.2. The zero-order chi connectivity index (χ0) is 14.7. The van der Waals surface area contributed by atoms with Crippen LogP contribution in [0.15, 0.2) is 30.5 Å². The molecule has 1 aliphatic heterocycles. The van der Waals surface area contributed by atoms with Crippen LogP contribution in [-0.4, -0.2) is 51.7 Å². The van der Waals surface area contributed by atoms with Gasteiger partial charge in [0, 0.05) is 19.6 Å². The van der Waals surface area contributed by atoms with Gasteiger partial charge in [-0.05, 0) is 30.7 Å². The Morgan fingerprint density at radius 2 is 2.19 bits per heavy atom. The molecule has 0 spiro atoms. The molecule has 1 atom stereocenters. The van der Waals surface area contributed by atoms with Crippen LogP contribution in [0.3, 0.4) is 0 Å². The number of aliphatic hydroxyl groups is 1. The lowest BCUT2D eigenvalue weighted by molar-refractivity contribution is 0.0403. The molecule has 0 amide bonds. The number of H-pyrrole nitrogens is 1. The van der Waals surface area contributed by atoms with Gasteiger partial charge in [-0.25, -0.2) is 4.39 Å². The first kappa shape index (κ1) is 14.0. The number of nitrogens with zero attached hydrogens (tertiary/aromatic N) is 3. The topological polar surface area (TPSA) is 74.3 Å². The number of nitrogens with one attached hydrogen (secondary N) is 1. The van der Waals surface area contributed by atoms with E-state index in [-0.39, 0.29) is 5.82 Å². The fourth-order valence-electron chi connectivity index (χ4n) is 2.52. The predicted molar refractivity (Wildman–Crippen MR) is 73.2 cm³/mol. The second-order valence-corrected chi connectivity index (χ2v) is 5.22. The van der Waals surface area contributed by atoms with Crippen LogP contribution in [0.25, 0.3) is 0 Å². The summed E-state index contributed by atoms with van der Waals surface area (Å²) in [5.74, 6) is 0.363. The van der Waals surface area contributed by atoms with Crippen molar-refractivity contribution in [3.05, 3.63) is 42.0 Å². The minimum Gasteiger partial charge on any atom is -0.492 e. The lowest BCUT2D eigenvalue weighted by atomic mass is 10.0. The number of aromatic amines is 1. The summed E-state index contributed by atoms with van der Waals surface area (Å²) in [7, 11) is 0. The summed E-state index contributed by atoms with van der Waals surface area (Å²) in [5.41, 5.74) is -0.368. The average Bonchev–Trinajstić information content (AvgIpc) is 3.12. The van der Waals surface area contributed by atoms with E-state index in [0.29, 0.717) is 37.6 Å². The van der Waals surface area contributed by atoms with Crippen molar-refractivity contribution in [3.63, 3.8) is 0 Å². The van der Waals surface area contributed by atoms with E-state index in [0.717, 1.165) is 6.54 Å². The number of likely N-dealkylation sites (tertiary alicyclic amines) is 1. The van der Waals surface area contributed by atoms with Crippen molar-refractivity contribution < 1.29 is 14.2 Å².